The van der Waals surface area contributed by atoms with Gasteiger partial charge in [-0.25, -0.2) is 4.79 Å². The molecule has 0 aromatic heterocycles. The van der Waals surface area contributed by atoms with Crippen LogP contribution in [0, 0.1) is 0 Å². The van der Waals surface area contributed by atoms with Gasteiger partial charge in [0, 0.05) is 23.4 Å². The summed E-state index contributed by atoms with van der Waals surface area (Å²) in [6.45, 7) is 12.8. The van der Waals surface area contributed by atoms with Crippen molar-refractivity contribution in [1.29, 1.82) is 0 Å². The molecule has 0 saturated heterocycles. The molecular weight excluding hydrogens is 254 g/mol. The minimum absolute atomic E-state index is 0.0145. The van der Waals surface area contributed by atoms with E-state index in [9.17, 15) is 9.59 Å². The van der Waals surface area contributed by atoms with Gasteiger partial charge in [-0.05, 0) is 34.1 Å². The van der Waals surface area contributed by atoms with Gasteiger partial charge in [-0.15, -0.1) is 6.58 Å². The van der Waals surface area contributed by atoms with E-state index in [0.29, 0.717) is 24.2 Å². The van der Waals surface area contributed by atoms with Crippen molar-refractivity contribution >= 4 is 11.8 Å². The van der Waals surface area contributed by atoms with E-state index in [1.165, 1.54) is 6.92 Å². The number of hydrogen-bond donors (Lipinski definition) is 1. The van der Waals surface area contributed by atoms with Crippen LogP contribution in [0.1, 0.15) is 47.5 Å². The lowest BCUT2D eigenvalue weighted by Crippen LogP contribution is -2.25. The Morgan fingerprint density at radius 1 is 1.25 bits per heavy atom. The van der Waals surface area contributed by atoms with E-state index in [1.807, 2.05) is 19.9 Å². The number of nitrogens with one attached hydrogen (secondary N) is 1. The number of carbonyl (C=O) groups excluding carboxylic acids is 2. The quantitative estimate of drug-likeness (QED) is 0.634. The highest BCUT2D eigenvalue weighted by Gasteiger charge is 2.23. The number of esters is 1. The zero-order chi connectivity index (χ0) is 15.7. The zero-order valence-electron chi connectivity index (χ0n) is 13.1. The highest BCUT2D eigenvalue weighted by molar-refractivity contribution is 5.99. The minimum Gasteiger partial charge on any atom is -0.463 e. The second-order valence-corrected chi connectivity index (χ2v) is 4.48. The van der Waals surface area contributed by atoms with Crippen molar-refractivity contribution in [3.05, 3.63) is 35.2 Å². The molecule has 4 heteroatoms. The Bertz CT molecular complexity index is 445. The van der Waals surface area contributed by atoms with Gasteiger partial charge in [-0.3, -0.25) is 4.79 Å². The van der Waals surface area contributed by atoms with Gasteiger partial charge in [0.05, 0.1) is 12.2 Å². The van der Waals surface area contributed by atoms with Gasteiger partial charge in [0.25, 0.3) is 0 Å². The first-order valence-corrected chi connectivity index (χ1v) is 6.84. The van der Waals surface area contributed by atoms with Gasteiger partial charge in [0.15, 0.2) is 5.78 Å². The normalized spacial score (nSPS) is 14.1. The molecule has 1 aliphatic rings. The predicted octanol–water partition coefficient (Wildman–Crippen LogP) is 3.26. The fourth-order valence-electron chi connectivity index (χ4n) is 1.71. The first-order valence-electron chi connectivity index (χ1n) is 6.84. The molecule has 0 unspecified atom stereocenters. The largest absolute Gasteiger partial charge is 0.463 e. The monoisotopic (exact) mass is 279 g/mol. The summed E-state index contributed by atoms with van der Waals surface area (Å²) in [4.78, 5) is 23.0. The van der Waals surface area contributed by atoms with E-state index in [-0.39, 0.29) is 11.8 Å². The van der Waals surface area contributed by atoms with Gasteiger partial charge < -0.3 is 10.1 Å². The Balaban J connectivity index is 0.000000796. The molecule has 20 heavy (non-hydrogen) atoms. The smallest absolute Gasteiger partial charge is 0.336 e. The average Bonchev–Trinajstić information content (AvgIpc) is 2.38. The Morgan fingerprint density at radius 2 is 1.75 bits per heavy atom. The maximum Gasteiger partial charge on any atom is 0.336 e. The predicted molar refractivity (Wildman–Crippen MR) is 81.0 cm³/mol. The first kappa shape index (κ1) is 18.2. The highest BCUT2D eigenvalue weighted by Crippen LogP contribution is 2.24. The third kappa shape index (κ3) is 5.43. The van der Waals surface area contributed by atoms with Crippen LogP contribution in [0.4, 0.5) is 0 Å². The Morgan fingerprint density at radius 3 is 2.15 bits per heavy atom. The molecular formula is C16H25NO3. The molecule has 0 aromatic carbocycles. The Labute approximate surface area is 121 Å². The fourth-order valence-corrected chi connectivity index (χ4v) is 1.71. The van der Waals surface area contributed by atoms with Crippen molar-refractivity contribution in [2.75, 3.05) is 6.61 Å². The second-order valence-electron chi connectivity index (χ2n) is 4.48. The first-order chi connectivity index (χ1) is 9.38. The molecule has 0 amide bonds. The summed E-state index contributed by atoms with van der Waals surface area (Å²) in [5, 5.41) is 3.04. The van der Waals surface area contributed by atoms with Gasteiger partial charge in [-0.2, -0.15) is 0 Å². The maximum absolute atomic E-state index is 11.6. The standard InChI is InChI=1S/C12H17NO3.C4H8/c1-5-16-12(15)11-6-10(9(4)14)7(2)13-8(11)3;1-3-4-2/h13H,5-6H2,1-4H3;3H,1,4H2,2H3. The summed E-state index contributed by atoms with van der Waals surface area (Å²) in [7, 11) is 0. The molecule has 0 spiro atoms. The Hall–Kier alpha value is -1.84. The van der Waals surface area contributed by atoms with Crippen molar-refractivity contribution in [3.8, 4) is 0 Å². The third-order valence-electron chi connectivity index (χ3n) is 2.87. The van der Waals surface area contributed by atoms with Crippen LogP contribution >= 0.6 is 0 Å². The van der Waals surface area contributed by atoms with E-state index >= 15 is 0 Å². The maximum atomic E-state index is 11.6. The molecule has 0 aromatic rings. The molecule has 0 aliphatic carbocycles. The number of Topliss-reactive ketones (excluding diaryl/α,β-unsaturated/α-hetero) is 1. The number of carbonyl (C=O) groups is 2. The van der Waals surface area contributed by atoms with Crippen LogP contribution in [-0.4, -0.2) is 18.4 Å². The summed E-state index contributed by atoms with van der Waals surface area (Å²) in [5.41, 5.74) is 2.77. The summed E-state index contributed by atoms with van der Waals surface area (Å²) in [6.07, 6.45) is 3.32. The number of rotatable bonds is 4. The molecule has 1 heterocycles. The molecule has 0 fully saturated rings. The van der Waals surface area contributed by atoms with Gasteiger partial charge in [-0.1, -0.05) is 13.0 Å². The van der Waals surface area contributed by atoms with E-state index in [0.717, 1.165) is 17.8 Å². The van der Waals surface area contributed by atoms with Crippen LogP contribution in [0.5, 0.6) is 0 Å². The van der Waals surface area contributed by atoms with E-state index < -0.39 is 0 Å². The number of dihydropyridines is 1. The number of allylic oxidation sites excluding steroid dienone is 4. The van der Waals surface area contributed by atoms with Crippen LogP contribution < -0.4 is 5.32 Å². The number of hydrogen-bond acceptors (Lipinski definition) is 4. The van der Waals surface area contributed by atoms with Gasteiger partial charge in [0.2, 0.25) is 0 Å². The molecule has 0 bridgehead atoms. The topological polar surface area (TPSA) is 55.4 Å². The van der Waals surface area contributed by atoms with E-state index in [4.69, 9.17) is 4.74 Å². The Kier molecular flexibility index (Phi) is 8.29. The lowest BCUT2D eigenvalue weighted by atomic mass is 9.96. The lowest BCUT2D eigenvalue weighted by Gasteiger charge is -2.21. The average molecular weight is 279 g/mol. The summed E-state index contributed by atoms with van der Waals surface area (Å²) in [6, 6.07) is 0. The molecule has 1 rings (SSSR count). The lowest BCUT2D eigenvalue weighted by molar-refractivity contribution is -0.138. The SMILES string of the molecule is C=CCC.CCOC(=O)C1=C(C)NC(C)=C(C(C)=O)C1. The van der Waals surface area contributed by atoms with Crippen molar-refractivity contribution in [2.45, 2.75) is 47.5 Å². The van der Waals surface area contributed by atoms with Crippen molar-refractivity contribution in [3.63, 3.8) is 0 Å². The highest BCUT2D eigenvalue weighted by atomic mass is 16.5. The van der Waals surface area contributed by atoms with Crippen LogP contribution in [0.25, 0.3) is 0 Å². The molecule has 0 atom stereocenters. The van der Waals surface area contributed by atoms with Crippen molar-refractivity contribution < 1.29 is 14.3 Å². The van der Waals surface area contributed by atoms with Crippen LogP contribution in [-0.2, 0) is 14.3 Å². The number of ketones is 1. The third-order valence-corrected chi connectivity index (χ3v) is 2.87. The molecule has 112 valence electrons. The molecule has 1 aliphatic heterocycles. The fraction of sp³-hybridized carbons (Fsp3) is 0.500. The van der Waals surface area contributed by atoms with E-state index in [1.54, 1.807) is 6.92 Å². The summed E-state index contributed by atoms with van der Waals surface area (Å²) < 4.78 is 4.94. The van der Waals surface area contributed by atoms with Gasteiger partial charge in [0.1, 0.15) is 0 Å². The van der Waals surface area contributed by atoms with Crippen molar-refractivity contribution in [1.82, 2.24) is 5.32 Å². The molecule has 1 N–H and O–H groups in total. The minimum atomic E-state index is -0.348. The zero-order valence-corrected chi connectivity index (χ0v) is 13.1. The summed E-state index contributed by atoms with van der Waals surface area (Å²) in [5.74, 6) is -0.363. The van der Waals surface area contributed by atoms with Gasteiger partial charge >= 0.3 is 5.97 Å². The molecule has 0 radical (unpaired) electrons. The van der Waals surface area contributed by atoms with Crippen molar-refractivity contribution in [2.24, 2.45) is 0 Å². The molecule has 0 saturated carbocycles. The van der Waals surface area contributed by atoms with Crippen LogP contribution in [0.2, 0.25) is 0 Å². The van der Waals surface area contributed by atoms with E-state index in [2.05, 4.69) is 18.8 Å². The summed E-state index contributed by atoms with van der Waals surface area (Å²) >= 11 is 0. The number of ether oxygens (including phenoxy) is 1. The van der Waals surface area contributed by atoms with Crippen LogP contribution in [0.3, 0.4) is 0 Å². The molecule has 4 nitrogen and oxygen atoms in total. The van der Waals surface area contributed by atoms with Crippen LogP contribution in [0.15, 0.2) is 35.2 Å². The second kappa shape index (κ2) is 9.13.